The van der Waals surface area contributed by atoms with E-state index in [4.69, 9.17) is 5.73 Å². The molecule has 0 spiro atoms. The van der Waals surface area contributed by atoms with Crippen LogP contribution in [0.2, 0.25) is 0 Å². The first-order chi connectivity index (χ1) is 8.88. The smallest absolute Gasteiger partial charge is 0.0917 e. The lowest BCUT2D eigenvalue weighted by molar-refractivity contribution is 0.0142. The normalized spacial score (nSPS) is 22.3. The summed E-state index contributed by atoms with van der Waals surface area (Å²) in [5.41, 5.74) is 7.52. The monoisotopic (exact) mass is 263 g/mol. The molecule has 0 aliphatic carbocycles. The third kappa shape index (κ3) is 3.47. The van der Waals surface area contributed by atoms with E-state index >= 15 is 0 Å². The summed E-state index contributed by atoms with van der Waals surface area (Å²) in [6, 6.07) is 7.52. The van der Waals surface area contributed by atoms with E-state index < -0.39 is 6.10 Å². The second kappa shape index (κ2) is 5.49. The van der Waals surface area contributed by atoms with E-state index in [1.165, 1.54) is 0 Å². The highest BCUT2D eigenvalue weighted by molar-refractivity contribution is 5.41. The molecule has 1 aromatic carbocycles. The average molecular weight is 263 g/mol. The first-order valence-corrected chi connectivity index (χ1v) is 6.85. The van der Waals surface area contributed by atoms with E-state index in [2.05, 4.69) is 30.7 Å². The quantitative estimate of drug-likeness (QED) is 0.808. The molecule has 106 valence electrons. The van der Waals surface area contributed by atoms with Crippen LogP contribution in [0.25, 0.3) is 0 Å². The molecule has 0 amide bonds. The Morgan fingerprint density at radius 3 is 2.74 bits per heavy atom. The Hall–Kier alpha value is -1.10. The third-order valence-corrected chi connectivity index (χ3v) is 4.12. The zero-order valence-electron chi connectivity index (χ0n) is 12.1. The Labute approximate surface area is 115 Å². The second-order valence-corrected chi connectivity index (χ2v) is 6.16. The first-order valence-electron chi connectivity index (χ1n) is 6.85. The molecule has 1 aliphatic rings. The van der Waals surface area contributed by atoms with Gasteiger partial charge in [0.05, 0.1) is 6.10 Å². The molecule has 4 heteroatoms. The van der Waals surface area contributed by atoms with Crippen molar-refractivity contribution in [1.82, 2.24) is 9.80 Å². The van der Waals surface area contributed by atoms with Gasteiger partial charge in [-0.15, -0.1) is 0 Å². The van der Waals surface area contributed by atoms with E-state index in [1.807, 2.05) is 24.3 Å². The number of nitrogens with two attached hydrogens (primary N) is 1. The van der Waals surface area contributed by atoms with Gasteiger partial charge in [-0.3, -0.25) is 9.80 Å². The molecule has 1 aliphatic heterocycles. The van der Waals surface area contributed by atoms with Crippen LogP contribution in [-0.4, -0.2) is 53.7 Å². The molecule has 1 fully saturated rings. The number of nitrogen functional groups attached to an aromatic ring is 1. The average Bonchev–Trinajstić information content (AvgIpc) is 2.33. The molecular formula is C15H25N3O. The highest BCUT2D eigenvalue weighted by atomic mass is 16.3. The fraction of sp³-hybridized carbons (Fsp3) is 0.600. The summed E-state index contributed by atoms with van der Waals surface area (Å²) < 4.78 is 0. The fourth-order valence-corrected chi connectivity index (χ4v) is 2.61. The number of anilines is 1. The molecule has 1 unspecified atom stereocenters. The highest BCUT2D eigenvalue weighted by Crippen LogP contribution is 2.22. The summed E-state index contributed by atoms with van der Waals surface area (Å²) in [5.74, 6) is 0. The number of benzene rings is 1. The lowest BCUT2D eigenvalue weighted by Crippen LogP contribution is -2.58. The van der Waals surface area contributed by atoms with Gasteiger partial charge in [0.15, 0.2) is 0 Å². The van der Waals surface area contributed by atoms with Gasteiger partial charge in [-0.25, -0.2) is 0 Å². The Morgan fingerprint density at radius 1 is 1.37 bits per heavy atom. The van der Waals surface area contributed by atoms with Crippen LogP contribution in [0, 0.1) is 0 Å². The summed E-state index contributed by atoms with van der Waals surface area (Å²) >= 11 is 0. The Morgan fingerprint density at radius 2 is 2.11 bits per heavy atom. The molecule has 1 heterocycles. The number of aliphatic hydroxyl groups excluding tert-OH is 1. The van der Waals surface area contributed by atoms with Crippen LogP contribution in [0.15, 0.2) is 24.3 Å². The molecule has 3 N–H and O–H groups in total. The van der Waals surface area contributed by atoms with Crippen LogP contribution in [0.4, 0.5) is 5.69 Å². The van der Waals surface area contributed by atoms with Gasteiger partial charge in [0, 0.05) is 37.4 Å². The maximum absolute atomic E-state index is 10.3. The lowest BCUT2D eigenvalue weighted by atomic mass is 9.99. The van der Waals surface area contributed by atoms with Crippen LogP contribution < -0.4 is 5.73 Å². The fourth-order valence-electron chi connectivity index (χ4n) is 2.61. The van der Waals surface area contributed by atoms with Crippen molar-refractivity contribution in [3.63, 3.8) is 0 Å². The predicted octanol–water partition coefficient (Wildman–Crippen LogP) is 1.33. The van der Waals surface area contributed by atoms with Gasteiger partial charge in [-0.2, -0.15) is 0 Å². The molecule has 2 rings (SSSR count). The highest BCUT2D eigenvalue weighted by Gasteiger charge is 2.31. The van der Waals surface area contributed by atoms with Crippen molar-refractivity contribution in [2.75, 3.05) is 39.0 Å². The third-order valence-electron chi connectivity index (χ3n) is 4.12. The molecule has 0 saturated carbocycles. The van der Waals surface area contributed by atoms with E-state index in [9.17, 15) is 5.11 Å². The molecule has 19 heavy (non-hydrogen) atoms. The van der Waals surface area contributed by atoms with Gasteiger partial charge in [-0.1, -0.05) is 12.1 Å². The van der Waals surface area contributed by atoms with Crippen LogP contribution in [0.3, 0.4) is 0 Å². The van der Waals surface area contributed by atoms with Crippen molar-refractivity contribution in [3.8, 4) is 0 Å². The van der Waals surface area contributed by atoms with E-state index in [-0.39, 0.29) is 5.54 Å². The predicted molar refractivity (Wildman–Crippen MR) is 79.0 cm³/mol. The van der Waals surface area contributed by atoms with Crippen LogP contribution in [-0.2, 0) is 0 Å². The van der Waals surface area contributed by atoms with E-state index in [1.54, 1.807) is 0 Å². The number of β-amino-alcohol motifs (C(OH)–C–C–N with tert-alkyl or cyclic N) is 1. The first kappa shape index (κ1) is 14.3. The molecule has 0 radical (unpaired) electrons. The van der Waals surface area contributed by atoms with Gasteiger partial charge in [0.25, 0.3) is 0 Å². The zero-order valence-corrected chi connectivity index (χ0v) is 12.1. The minimum Gasteiger partial charge on any atom is -0.399 e. The van der Waals surface area contributed by atoms with Crippen LogP contribution in [0.5, 0.6) is 0 Å². The number of hydrogen-bond acceptors (Lipinski definition) is 4. The SMILES string of the molecule is CN1CCN(CC(O)c2cccc(N)c2)CC1(C)C. The summed E-state index contributed by atoms with van der Waals surface area (Å²) in [7, 11) is 2.16. The number of piperazine rings is 1. The van der Waals surface area contributed by atoms with E-state index in [0.29, 0.717) is 12.2 Å². The number of nitrogens with zero attached hydrogens (tertiary/aromatic N) is 2. The summed E-state index contributed by atoms with van der Waals surface area (Å²) in [5, 5.41) is 10.3. The van der Waals surface area contributed by atoms with Gasteiger partial charge in [0.1, 0.15) is 0 Å². The Kier molecular flexibility index (Phi) is 4.13. The summed E-state index contributed by atoms with van der Waals surface area (Å²) in [6.07, 6.45) is -0.470. The summed E-state index contributed by atoms with van der Waals surface area (Å²) in [6.45, 7) is 8.16. The Bertz CT molecular complexity index is 433. The van der Waals surface area contributed by atoms with Crippen LogP contribution in [0.1, 0.15) is 25.5 Å². The molecule has 1 saturated heterocycles. The minimum absolute atomic E-state index is 0.160. The van der Waals surface area contributed by atoms with Gasteiger partial charge >= 0.3 is 0 Å². The standard InChI is InChI=1S/C15H25N3O/c1-15(2)11-18(8-7-17(15)3)10-14(19)12-5-4-6-13(16)9-12/h4-6,9,14,19H,7-8,10-11,16H2,1-3H3. The molecule has 1 atom stereocenters. The van der Waals surface area contributed by atoms with Crippen molar-refractivity contribution in [2.45, 2.75) is 25.5 Å². The molecule has 1 aromatic rings. The van der Waals surface area contributed by atoms with Gasteiger partial charge in [-0.05, 0) is 38.6 Å². The van der Waals surface area contributed by atoms with Crippen molar-refractivity contribution in [3.05, 3.63) is 29.8 Å². The molecule has 4 nitrogen and oxygen atoms in total. The molecule has 0 bridgehead atoms. The number of aliphatic hydroxyl groups is 1. The van der Waals surface area contributed by atoms with E-state index in [0.717, 1.165) is 25.2 Å². The largest absolute Gasteiger partial charge is 0.399 e. The maximum Gasteiger partial charge on any atom is 0.0917 e. The second-order valence-electron chi connectivity index (χ2n) is 6.16. The minimum atomic E-state index is -0.470. The van der Waals surface area contributed by atoms with Crippen molar-refractivity contribution in [2.24, 2.45) is 0 Å². The molecule has 0 aromatic heterocycles. The number of hydrogen-bond donors (Lipinski definition) is 2. The van der Waals surface area contributed by atoms with Crippen molar-refractivity contribution < 1.29 is 5.11 Å². The van der Waals surface area contributed by atoms with Crippen LogP contribution >= 0.6 is 0 Å². The van der Waals surface area contributed by atoms with Crippen molar-refractivity contribution >= 4 is 5.69 Å². The number of likely N-dealkylation sites (N-methyl/N-ethyl adjacent to an activating group) is 1. The maximum atomic E-state index is 10.3. The van der Waals surface area contributed by atoms with Gasteiger partial charge in [0.2, 0.25) is 0 Å². The topological polar surface area (TPSA) is 52.7 Å². The lowest BCUT2D eigenvalue weighted by Gasteiger charge is -2.45. The van der Waals surface area contributed by atoms with Gasteiger partial charge < -0.3 is 10.8 Å². The molecular weight excluding hydrogens is 238 g/mol. The Balaban J connectivity index is 1.98. The van der Waals surface area contributed by atoms with Crippen molar-refractivity contribution in [1.29, 1.82) is 0 Å². The number of rotatable bonds is 3. The zero-order chi connectivity index (χ0) is 14.0. The summed E-state index contributed by atoms with van der Waals surface area (Å²) in [4.78, 5) is 4.70.